The van der Waals surface area contributed by atoms with Crippen molar-refractivity contribution in [3.05, 3.63) is 30.3 Å². The monoisotopic (exact) mass is 292 g/mol. The Kier molecular flexibility index (Phi) is 6.94. The number of para-hydroxylation sites is 1. The van der Waals surface area contributed by atoms with E-state index in [-0.39, 0.29) is 12.1 Å². The normalized spacial score (nSPS) is 13.5. The van der Waals surface area contributed by atoms with Crippen LogP contribution in [0.25, 0.3) is 0 Å². The fraction of sp³-hybridized carbons (Fsp3) is 0.400. The van der Waals surface area contributed by atoms with Crippen molar-refractivity contribution in [3.63, 3.8) is 0 Å². The van der Waals surface area contributed by atoms with Crippen molar-refractivity contribution < 1.29 is 19.1 Å². The van der Waals surface area contributed by atoms with Crippen LogP contribution in [0.4, 0.5) is 5.69 Å². The van der Waals surface area contributed by atoms with Gasteiger partial charge < -0.3 is 9.47 Å². The smallest absolute Gasteiger partial charge is 0.303 e. The third-order valence-corrected chi connectivity index (χ3v) is 2.46. The van der Waals surface area contributed by atoms with Gasteiger partial charge in [-0.15, -0.1) is 0 Å². The van der Waals surface area contributed by atoms with E-state index in [2.05, 4.69) is 10.5 Å². The molecule has 0 unspecified atom stereocenters. The van der Waals surface area contributed by atoms with Gasteiger partial charge in [0.2, 0.25) is 0 Å². The van der Waals surface area contributed by atoms with Gasteiger partial charge in [0.25, 0.3) is 0 Å². The quantitative estimate of drug-likeness (QED) is 0.474. The molecule has 0 heterocycles. The van der Waals surface area contributed by atoms with E-state index in [0.717, 1.165) is 5.69 Å². The number of benzene rings is 1. The lowest BCUT2D eigenvalue weighted by molar-refractivity contribution is -0.149. The van der Waals surface area contributed by atoms with Crippen LogP contribution in [0.3, 0.4) is 0 Å². The highest BCUT2D eigenvalue weighted by atomic mass is 16.6. The predicted molar refractivity (Wildman–Crippen MR) is 80.0 cm³/mol. The van der Waals surface area contributed by atoms with Crippen molar-refractivity contribution in [1.82, 2.24) is 0 Å². The standard InChI is InChI=1S/C15H20N2O4/c1-11(20-12(2)18)9-15(21-13(3)19)10-16-17-14-7-5-4-6-8-14/h4-8,10-11,15,17H,9H2,1-3H3/b16-10+/t11-,15-/m0/s1. The minimum Gasteiger partial charge on any atom is -0.463 e. The van der Waals surface area contributed by atoms with Crippen molar-refractivity contribution in [1.29, 1.82) is 0 Å². The number of esters is 2. The molecule has 0 amide bonds. The van der Waals surface area contributed by atoms with Crippen LogP contribution in [0.15, 0.2) is 35.4 Å². The lowest BCUT2D eigenvalue weighted by Gasteiger charge is -2.17. The molecule has 0 saturated carbocycles. The summed E-state index contributed by atoms with van der Waals surface area (Å²) in [5.74, 6) is -0.787. The maximum atomic E-state index is 11.1. The number of anilines is 1. The topological polar surface area (TPSA) is 77.0 Å². The largest absolute Gasteiger partial charge is 0.463 e. The second kappa shape index (κ2) is 8.73. The first kappa shape index (κ1) is 16.7. The fourth-order valence-corrected chi connectivity index (χ4v) is 1.72. The Bertz CT molecular complexity index is 488. The lowest BCUT2D eigenvalue weighted by Crippen LogP contribution is -2.25. The Labute approximate surface area is 124 Å². The molecular weight excluding hydrogens is 272 g/mol. The molecule has 0 aliphatic heterocycles. The number of nitrogens with zero attached hydrogens (tertiary/aromatic N) is 1. The number of rotatable bonds is 7. The second-order valence-corrected chi connectivity index (χ2v) is 4.56. The third kappa shape index (κ3) is 7.71. The second-order valence-electron chi connectivity index (χ2n) is 4.56. The zero-order chi connectivity index (χ0) is 15.7. The van der Waals surface area contributed by atoms with E-state index in [9.17, 15) is 9.59 Å². The zero-order valence-electron chi connectivity index (χ0n) is 12.4. The van der Waals surface area contributed by atoms with Crippen LogP contribution in [0.5, 0.6) is 0 Å². The van der Waals surface area contributed by atoms with Gasteiger partial charge in [0.15, 0.2) is 0 Å². The summed E-state index contributed by atoms with van der Waals surface area (Å²) in [7, 11) is 0. The van der Waals surface area contributed by atoms with E-state index < -0.39 is 12.1 Å². The highest BCUT2D eigenvalue weighted by Gasteiger charge is 2.16. The van der Waals surface area contributed by atoms with Crippen molar-refractivity contribution in [2.45, 2.75) is 39.4 Å². The molecule has 0 aromatic heterocycles. The van der Waals surface area contributed by atoms with Gasteiger partial charge in [-0.05, 0) is 19.1 Å². The van der Waals surface area contributed by atoms with Gasteiger partial charge in [-0.1, -0.05) is 18.2 Å². The van der Waals surface area contributed by atoms with Crippen LogP contribution in [0.2, 0.25) is 0 Å². The zero-order valence-corrected chi connectivity index (χ0v) is 12.4. The van der Waals surface area contributed by atoms with E-state index >= 15 is 0 Å². The molecule has 1 aromatic rings. The number of ether oxygens (including phenoxy) is 2. The summed E-state index contributed by atoms with van der Waals surface area (Å²) in [6, 6.07) is 9.38. The molecule has 1 N–H and O–H groups in total. The Morgan fingerprint density at radius 2 is 1.81 bits per heavy atom. The average molecular weight is 292 g/mol. The molecule has 6 nitrogen and oxygen atoms in total. The molecule has 0 saturated heterocycles. The number of carbonyl (C=O) groups is 2. The van der Waals surface area contributed by atoms with Crippen molar-refractivity contribution in [3.8, 4) is 0 Å². The van der Waals surface area contributed by atoms with Crippen LogP contribution in [-0.4, -0.2) is 30.4 Å². The number of hydrogen-bond donors (Lipinski definition) is 1. The van der Waals surface area contributed by atoms with Crippen LogP contribution >= 0.6 is 0 Å². The Morgan fingerprint density at radius 3 is 2.38 bits per heavy atom. The number of hydrogen-bond acceptors (Lipinski definition) is 6. The highest BCUT2D eigenvalue weighted by molar-refractivity contribution is 5.72. The third-order valence-electron chi connectivity index (χ3n) is 2.46. The van der Waals surface area contributed by atoms with Crippen LogP contribution < -0.4 is 5.43 Å². The fourth-order valence-electron chi connectivity index (χ4n) is 1.72. The van der Waals surface area contributed by atoms with Crippen molar-refractivity contribution in [2.75, 3.05) is 5.43 Å². The molecule has 6 heteroatoms. The summed E-state index contributed by atoms with van der Waals surface area (Å²) in [5, 5.41) is 4.03. The van der Waals surface area contributed by atoms with Gasteiger partial charge in [0.05, 0.1) is 11.9 Å². The van der Waals surface area contributed by atoms with Gasteiger partial charge in [-0.25, -0.2) is 0 Å². The molecule has 2 atom stereocenters. The van der Waals surface area contributed by atoms with E-state index in [0.29, 0.717) is 6.42 Å². The average Bonchev–Trinajstić information content (AvgIpc) is 2.38. The Morgan fingerprint density at radius 1 is 1.19 bits per heavy atom. The molecule has 0 bridgehead atoms. The van der Waals surface area contributed by atoms with E-state index in [4.69, 9.17) is 9.47 Å². The molecule has 0 spiro atoms. The van der Waals surface area contributed by atoms with Gasteiger partial charge in [0, 0.05) is 20.3 Å². The van der Waals surface area contributed by atoms with Crippen LogP contribution in [-0.2, 0) is 19.1 Å². The Balaban J connectivity index is 2.56. The molecule has 1 aromatic carbocycles. The predicted octanol–water partition coefficient (Wildman–Crippen LogP) is 2.36. The minimum atomic E-state index is -0.562. The summed E-state index contributed by atoms with van der Waals surface area (Å²) in [6.07, 6.45) is 0.899. The van der Waals surface area contributed by atoms with E-state index in [1.165, 1.54) is 20.1 Å². The molecule has 114 valence electrons. The van der Waals surface area contributed by atoms with Crippen molar-refractivity contribution >= 4 is 23.8 Å². The number of hydrazone groups is 1. The first-order valence-electron chi connectivity index (χ1n) is 6.66. The van der Waals surface area contributed by atoms with Crippen LogP contribution in [0.1, 0.15) is 27.2 Å². The summed E-state index contributed by atoms with van der Waals surface area (Å²) < 4.78 is 10.1. The molecule has 21 heavy (non-hydrogen) atoms. The van der Waals surface area contributed by atoms with E-state index in [1.54, 1.807) is 6.92 Å². The summed E-state index contributed by atoms with van der Waals surface area (Å²) in [4.78, 5) is 22.0. The van der Waals surface area contributed by atoms with E-state index in [1.807, 2.05) is 30.3 Å². The molecule has 1 rings (SSSR count). The Hall–Kier alpha value is -2.37. The van der Waals surface area contributed by atoms with Crippen molar-refractivity contribution in [2.24, 2.45) is 5.10 Å². The maximum absolute atomic E-state index is 11.1. The highest BCUT2D eigenvalue weighted by Crippen LogP contribution is 2.07. The molecule has 0 fully saturated rings. The summed E-state index contributed by atoms with van der Waals surface area (Å²) in [5.41, 5.74) is 3.66. The van der Waals surface area contributed by atoms with Gasteiger partial charge >= 0.3 is 11.9 Å². The lowest BCUT2D eigenvalue weighted by atomic mass is 10.2. The van der Waals surface area contributed by atoms with Gasteiger partial charge in [-0.2, -0.15) is 5.10 Å². The minimum absolute atomic E-state index is 0.346. The van der Waals surface area contributed by atoms with Crippen LogP contribution in [0, 0.1) is 0 Å². The summed E-state index contributed by atoms with van der Waals surface area (Å²) >= 11 is 0. The van der Waals surface area contributed by atoms with Gasteiger partial charge in [-0.3, -0.25) is 15.0 Å². The SMILES string of the molecule is CC(=O)O[C@H](/C=N/Nc1ccccc1)C[C@H](C)OC(C)=O. The molecule has 0 aliphatic carbocycles. The molecule has 0 radical (unpaired) electrons. The van der Waals surface area contributed by atoms with Gasteiger partial charge in [0.1, 0.15) is 12.2 Å². The molecular formula is C15H20N2O4. The summed E-state index contributed by atoms with van der Waals surface area (Å²) in [6.45, 7) is 4.39. The number of nitrogens with one attached hydrogen (secondary N) is 1. The number of carbonyl (C=O) groups excluding carboxylic acids is 2. The maximum Gasteiger partial charge on any atom is 0.303 e. The first-order valence-corrected chi connectivity index (χ1v) is 6.66. The first-order chi connectivity index (χ1) is 9.97. The molecule has 0 aliphatic rings.